The van der Waals surface area contributed by atoms with E-state index in [0.29, 0.717) is 6.42 Å². The Morgan fingerprint density at radius 2 is 1.37 bits per heavy atom. The molecule has 3 heterocycles. The molecule has 1 aliphatic rings. The Balaban J connectivity index is 1.09. The Labute approximate surface area is 377 Å². The first-order valence-corrected chi connectivity index (χ1v) is 22.7. The smallest absolute Gasteiger partial charge is 0.271 e. The minimum Gasteiger partial charge on any atom is -0.497 e. The van der Waals surface area contributed by atoms with Gasteiger partial charge < -0.3 is 13.9 Å². The van der Waals surface area contributed by atoms with Gasteiger partial charge in [-0.3, -0.25) is 10.1 Å². The molecule has 0 aliphatic heterocycles. The van der Waals surface area contributed by atoms with Gasteiger partial charge in [-0.15, -0.1) is 11.3 Å². The Morgan fingerprint density at radius 3 is 2.23 bits per heavy atom. The Morgan fingerprint density at radius 1 is 0.631 bits per heavy atom. The van der Waals surface area contributed by atoms with Crippen LogP contribution in [0.15, 0.2) is 182 Å². The second kappa shape index (κ2) is 14.0. The van der Waals surface area contributed by atoms with Crippen LogP contribution in [-0.2, 0) is 5.54 Å². The predicted molar refractivity (Wildman–Crippen MR) is 271 cm³/mol. The van der Waals surface area contributed by atoms with E-state index in [4.69, 9.17) is 4.74 Å². The summed E-state index contributed by atoms with van der Waals surface area (Å²) in [5.74, 6) is 0.792. The summed E-state index contributed by atoms with van der Waals surface area (Å²) < 4.78 is 12.9. The van der Waals surface area contributed by atoms with Crippen LogP contribution in [0.3, 0.4) is 0 Å². The van der Waals surface area contributed by atoms with Crippen LogP contribution in [0.25, 0.3) is 109 Å². The van der Waals surface area contributed by atoms with Gasteiger partial charge in [-0.05, 0) is 113 Å². The molecule has 0 bridgehead atoms. The van der Waals surface area contributed by atoms with Crippen LogP contribution in [0.5, 0.6) is 5.75 Å². The maximum Gasteiger partial charge on any atom is 0.271 e. The molecule has 7 heteroatoms. The van der Waals surface area contributed by atoms with Gasteiger partial charge in [0.25, 0.3) is 5.69 Å². The van der Waals surface area contributed by atoms with Crippen molar-refractivity contribution in [2.24, 2.45) is 0 Å². The van der Waals surface area contributed by atoms with Crippen molar-refractivity contribution in [2.45, 2.75) is 18.9 Å². The largest absolute Gasteiger partial charge is 0.497 e. The molecule has 0 N–H and O–H groups in total. The second-order valence-corrected chi connectivity index (χ2v) is 18.5. The molecule has 1 unspecified atom stereocenters. The summed E-state index contributed by atoms with van der Waals surface area (Å²) in [6, 6.07) is 62.4. The van der Waals surface area contributed by atoms with E-state index in [0.717, 1.165) is 71.9 Å². The lowest BCUT2D eigenvalue weighted by atomic mass is 9.80. The highest BCUT2D eigenvalue weighted by Gasteiger charge is 2.36. The molecule has 0 amide bonds. The molecule has 12 aromatic rings. The number of nitro benzene ring substituents is 1. The normalized spacial score (nSPS) is 15.0. The maximum atomic E-state index is 12.5. The highest BCUT2D eigenvalue weighted by atomic mass is 32.1. The van der Waals surface area contributed by atoms with Gasteiger partial charge in [-0.1, -0.05) is 115 Å². The number of methoxy groups -OCH3 is 1. The van der Waals surface area contributed by atoms with Crippen molar-refractivity contribution in [1.82, 2.24) is 9.13 Å². The molecule has 9 aromatic carbocycles. The molecule has 0 saturated heterocycles. The molecular formula is C58H39N3O3S. The van der Waals surface area contributed by atoms with E-state index >= 15 is 0 Å². The fourth-order valence-electron chi connectivity index (χ4n) is 10.8. The van der Waals surface area contributed by atoms with Gasteiger partial charge in [0.05, 0.1) is 39.6 Å². The summed E-state index contributed by atoms with van der Waals surface area (Å²) >= 11 is 1.81. The zero-order chi connectivity index (χ0) is 43.6. The minimum atomic E-state index is -0.577. The summed E-state index contributed by atoms with van der Waals surface area (Å²) in [6.45, 7) is 2.27. The number of para-hydroxylation sites is 1. The number of hydrogen-bond donors (Lipinski definition) is 0. The van der Waals surface area contributed by atoms with Gasteiger partial charge >= 0.3 is 0 Å². The first kappa shape index (κ1) is 37.5. The van der Waals surface area contributed by atoms with Crippen molar-refractivity contribution >= 4 is 97.7 Å². The van der Waals surface area contributed by atoms with E-state index in [-0.39, 0.29) is 10.6 Å². The summed E-state index contributed by atoms with van der Waals surface area (Å²) in [6.07, 6.45) is 5.10. The summed E-state index contributed by atoms with van der Waals surface area (Å²) in [7, 11) is 1.69. The predicted octanol–water partition coefficient (Wildman–Crippen LogP) is 15.8. The second-order valence-electron chi connectivity index (χ2n) is 17.4. The van der Waals surface area contributed by atoms with Crippen LogP contribution in [0.2, 0.25) is 0 Å². The Bertz CT molecular complexity index is 4020. The Hall–Kier alpha value is -8.00. The zero-order valence-electron chi connectivity index (χ0n) is 35.6. The molecular weight excluding hydrogens is 819 g/mol. The molecule has 6 nitrogen and oxygen atoms in total. The summed E-state index contributed by atoms with van der Waals surface area (Å²) in [4.78, 5) is 12.2. The monoisotopic (exact) mass is 857 g/mol. The van der Waals surface area contributed by atoms with Crippen LogP contribution in [0.4, 0.5) is 5.69 Å². The van der Waals surface area contributed by atoms with Gasteiger partial charge in [0.2, 0.25) is 0 Å². The lowest BCUT2D eigenvalue weighted by Crippen LogP contribution is -2.33. The fraction of sp³-hybridized carbons (Fsp3) is 0.0690. The third-order valence-electron chi connectivity index (χ3n) is 13.9. The Kier molecular flexibility index (Phi) is 8.09. The molecule has 3 aromatic heterocycles. The van der Waals surface area contributed by atoms with Gasteiger partial charge in [0.15, 0.2) is 0 Å². The highest BCUT2D eigenvalue weighted by Crippen LogP contribution is 2.51. The SMILES string of the molecule is COc1ccc2c(c1)C=CCC2(C)n1c2cc([N+](=O)[O-])ccc2c2cc(-c3ccc4c5ccccc5n(-c5ccc6cc(-c7ccccc7)ccc6c5)c4c3)c3sc4ccccc4c3c21. The van der Waals surface area contributed by atoms with Crippen molar-refractivity contribution in [3.8, 4) is 33.7 Å². The summed E-state index contributed by atoms with van der Waals surface area (Å²) in [5.41, 5.74) is 11.7. The van der Waals surface area contributed by atoms with Crippen molar-refractivity contribution < 1.29 is 9.66 Å². The fourth-order valence-corrected chi connectivity index (χ4v) is 12.1. The van der Waals surface area contributed by atoms with Crippen molar-refractivity contribution in [3.63, 3.8) is 0 Å². The zero-order valence-corrected chi connectivity index (χ0v) is 36.4. The van der Waals surface area contributed by atoms with Gasteiger partial charge in [-0.25, -0.2) is 0 Å². The maximum absolute atomic E-state index is 12.5. The number of nitrogens with zero attached hydrogens (tertiary/aromatic N) is 3. The minimum absolute atomic E-state index is 0.0710. The molecule has 0 fully saturated rings. The highest BCUT2D eigenvalue weighted by molar-refractivity contribution is 7.26. The van der Waals surface area contributed by atoms with Crippen LogP contribution in [-0.4, -0.2) is 21.2 Å². The average molecular weight is 858 g/mol. The lowest BCUT2D eigenvalue weighted by molar-refractivity contribution is -0.384. The third-order valence-corrected chi connectivity index (χ3v) is 15.1. The first-order chi connectivity index (χ1) is 31.9. The third kappa shape index (κ3) is 5.52. The summed E-state index contributed by atoms with van der Waals surface area (Å²) in [5, 5.41) is 21.6. The van der Waals surface area contributed by atoms with Crippen molar-refractivity contribution in [3.05, 3.63) is 203 Å². The quantitative estimate of drug-likeness (QED) is 0.124. The lowest BCUT2D eigenvalue weighted by Gasteiger charge is -2.37. The van der Waals surface area contributed by atoms with Crippen LogP contribution < -0.4 is 4.74 Å². The van der Waals surface area contributed by atoms with Gasteiger partial charge in [0.1, 0.15) is 5.75 Å². The van der Waals surface area contributed by atoms with E-state index < -0.39 is 5.54 Å². The van der Waals surface area contributed by atoms with E-state index in [1.54, 1.807) is 19.2 Å². The van der Waals surface area contributed by atoms with Gasteiger partial charge in [-0.2, -0.15) is 0 Å². The van der Waals surface area contributed by atoms with Crippen LogP contribution >= 0.6 is 11.3 Å². The van der Waals surface area contributed by atoms with Crippen LogP contribution in [0.1, 0.15) is 24.5 Å². The topological polar surface area (TPSA) is 62.2 Å². The number of thiophene rings is 1. The number of aromatic nitrogens is 2. The number of nitro groups is 1. The van der Waals surface area contributed by atoms with E-state index in [1.807, 2.05) is 23.5 Å². The molecule has 0 spiro atoms. The number of ether oxygens (including phenoxy) is 1. The first-order valence-electron chi connectivity index (χ1n) is 21.9. The van der Waals surface area contributed by atoms with Crippen molar-refractivity contribution in [1.29, 1.82) is 0 Å². The van der Waals surface area contributed by atoms with Gasteiger partial charge in [0, 0.05) is 65.1 Å². The number of rotatable bonds is 6. The molecule has 310 valence electrons. The molecule has 0 saturated carbocycles. The van der Waals surface area contributed by atoms with Crippen LogP contribution in [0, 0.1) is 10.1 Å². The molecule has 1 aliphatic carbocycles. The number of fused-ring (bicyclic) bond motifs is 12. The number of benzene rings is 9. The molecule has 65 heavy (non-hydrogen) atoms. The van der Waals surface area contributed by atoms with E-state index in [2.05, 4.69) is 180 Å². The number of hydrogen-bond acceptors (Lipinski definition) is 4. The number of allylic oxidation sites excluding steroid dienone is 1. The molecule has 1 atom stereocenters. The van der Waals surface area contributed by atoms with E-state index in [9.17, 15) is 10.1 Å². The molecule has 0 radical (unpaired) electrons. The average Bonchev–Trinajstić information content (AvgIpc) is 4.01. The molecule has 13 rings (SSSR count). The standard InChI is InChI=1S/C58H39N3O3S/c1-58(28-10-13-40-31-43(64-2)24-27-50(40)58)60-53-33-42(61(62)63)23-26-46(53)49-34-48(57-55(56(49)60)47-15-7-9-17-54(47)65-57)39-21-25-45-44-14-6-8-16-51(44)59(52(45)32-39)41-22-20-37-29-36(18-19-38(37)30-41)35-11-4-3-5-12-35/h3-27,29-34H,28H2,1-2H3. The van der Waals surface area contributed by atoms with Crippen molar-refractivity contribution in [2.75, 3.05) is 7.11 Å². The number of non-ortho nitro benzene ring substituents is 1. The van der Waals surface area contributed by atoms with E-state index in [1.165, 1.54) is 47.5 Å².